The van der Waals surface area contributed by atoms with E-state index in [1.54, 1.807) is 32.9 Å². The van der Waals surface area contributed by atoms with E-state index in [9.17, 15) is 14.4 Å². The van der Waals surface area contributed by atoms with Crippen LogP contribution >= 0.6 is 34.7 Å². The van der Waals surface area contributed by atoms with Crippen molar-refractivity contribution >= 4 is 57.5 Å². The lowest BCUT2D eigenvalue weighted by Gasteiger charge is -2.08. The van der Waals surface area contributed by atoms with Crippen molar-refractivity contribution < 1.29 is 23.9 Å². The average Bonchev–Trinajstić information content (AvgIpc) is 3.38. The van der Waals surface area contributed by atoms with Crippen molar-refractivity contribution in [2.24, 2.45) is 0 Å². The van der Waals surface area contributed by atoms with Crippen LogP contribution in [0, 0.1) is 6.92 Å². The van der Waals surface area contributed by atoms with Gasteiger partial charge in [0.25, 0.3) is 0 Å². The quantitative estimate of drug-likeness (QED) is 0.282. The highest BCUT2D eigenvalue weighted by Gasteiger charge is 2.27. The van der Waals surface area contributed by atoms with E-state index in [0.717, 1.165) is 16.9 Å². The number of nitrogens with zero attached hydrogens (tertiary/aromatic N) is 3. The smallest absolute Gasteiger partial charge is 0.348 e. The number of thiophene rings is 1. The lowest BCUT2D eigenvalue weighted by molar-refractivity contribution is -0.113. The van der Waals surface area contributed by atoms with Crippen LogP contribution in [-0.4, -0.2) is 51.6 Å². The number of esters is 2. The molecule has 0 fully saturated rings. The highest BCUT2D eigenvalue weighted by atomic mass is 35.5. The summed E-state index contributed by atoms with van der Waals surface area (Å²) < 4.78 is 12.1. The van der Waals surface area contributed by atoms with Gasteiger partial charge in [-0.05, 0) is 45.4 Å². The van der Waals surface area contributed by atoms with Crippen molar-refractivity contribution in [2.45, 2.75) is 39.4 Å². The molecule has 0 radical (unpaired) electrons. The normalized spacial score (nSPS) is 10.8. The number of hydrogen-bond donors (Lipinski definition) is 1. The standard InChI is InChI=1S/C23H25ClN4O5S2/c1-5-28-19(14-9-8-10-15(24)11-14)26-27-23(28)34-12-16(29)25-20-17(21(30)32-6-2)13(4)18(35-20)22(31)33-7-3/h8-11H,5-7,12H2,1-4H3,(H,25,29). The summed E-state index contributed by atoms with van der Waals surface area (Å²) in [6, 6.07) is 7.31. The van der Waals surface area contributed by atoms with Gasteiger partial charge in [-0.3, -0.25) is 4.79 Å². The molecule has 3 rings (SSSR count). The third-order valence-corrected chi connectivity index (χ3v) is 7.18. The Morgan fingerprint density at radius 3 is 2.49 bits per heavy atom. The number of halogens is 1. The summed E-state index contributed by atoms with van der Waals surface area (Å²) in [4.78, 5) is 37.9. The van der Waals surface area contributed by atoms with Crippen molar-refractivity contribution in [2.75, 3.05) is 24.3 Å². The van der Waals surface area contributed by atoms with E-state index in [1.165, 1.54) is 11.8 Å². The number of amides is 1. The molecule has 0 bridgehead atoms. The van der Waals surface area contributed by atoms with Gasteiger partial charge in [0.2, 0.25) is 5.91 Å². The van der Waals surface area contributed by atoms with Gasteiger partial charge >= 0.3 is 11.9 Å². The van der Waals surface area contributed by atoms with E-state index in [0.29, 0.717) is 28.1 Å². The highest BCUT2D eigenvalue weighted by Crippen LogP contribution is 2.35. The van der Waals surface area contributed by atoms with Crippen molar-refractivity contribution in [3.05, 3.63) is 45.3 Å². The monoisotopic (exact) mass is 536 g/mol. The third kappa shape index (κ3) is 6.22. The number of hydrogen-bond acceptors (Lipinski definition) is 9. The van der Waals surface area contributed by atoms with Gasteiger partial charge in [0.1, 0.15) is 9.88 Å². The molecule has 186 valence electrons. The maximum absolute atomic E-state index is 12.8. The molecule has 0 saturated heterocycles. The van der Waals surface area contributed by atoms with Gasteiger partial charge in [0, 0.05) is 17.1 Å². The zero-order valence-electron chi connectivity index (χ0n) is 19.7. The lowest BCUT2D eigenvalue weighted by atomic mass is 10.1. The van der Waals surface area contributed by atoms with Crippen LogP contribution in [0.15, 0.2) is 29.4 Å². The van der Waals surface area contributed by atoms with Crippen LogP contribution in [0.5, 0.6) is 0 Å². The number of ether oxygens (including phenoxy) is 2. The minimum atomic E-state index is -0.614. The minimum Gasteiger partial charge on any atom is -0.462 e. The van der Waals surface area contributed by atoms with Gasteiger partial charge in [0.05, 0.1) is 24.5 Å². The van der Waals surface area contributed by atoms with Gasteiger partial charge < -0.3 is 19.4 Å². The fourth-order valence-corrected chi connectivity index (χ4v) is 5.35. The molecule has 0 aliphatic carbocycles. The number of anilines is 1. The summed E-state index contributed by atoms with van der Waals surface area (Å²) in [6.45, 7) is 7.91. The van der Waals surface area contributed by atoms with Crippen LogP contribution < -0.4 is 5.32 Å². The summed E-state index contributed by atoms with van der Waals surface area (Å²) >= 11 is 8.30. The second kappa shape index (κ2) is 12.2. The number of carbonyl (C=O) groups excluding carboxylic acids is 3. The van der Waals surface area contributed by atoms with Crippen molar-refractivity contribution in [1.82, 2.24) is 14.8 Å². The largest absolute Gasteiger partial charge is 0.462 e. The van der Waals surface area contributed by atoms with Crippen molar-refractivity contribution in [3.8, 4) is 11.4 Å². The predicted octanol–water partition coefficient (Wildman–Crippen LogP) is 5.07. The molecule has 1 N–H and O–H groups in total. The summed E-state index contributed by atoms with van der Waals surface area (Å²) in [7, 11) is 0. The third-order valence-electron chi connectivity index (χ3n) is 4.79. The Bertz CT molecular complexity index is 1240. The van der Waals surface area contributed by atoms with E-state index in [2.05, 4.69) is 15.5 Å². The Labute approximate surface area is 216 Å². The first-order valence-corrected chi connectivity index (χ1v) is 13.1. The Kier molecular flexibility index (Phi) is 9.30. The Balaban J connectivity index is 1.78. The molecule has 3 aromatic rings. The van der Waals surface area contributed by atoms with Crippen LogP contribution in [-0.2, 0) is 20.8 Å². The van der Waals surface area contributed by atoms with E-state index < -0.39 is 11.9 Å². The molecule has 35 heavy (non-hydrogen) atoms. The zero-order chi connectivity index (χ0) is 25.5. The molecule has 2 heterocycles. The van der Waals surface area contributed by atoms with Crippen LogP contribution in [0.2, 0.25) is 5.02 Å². The molecular formula is C23H25ClN4O5S2. The van der Waals surface area contributed by atoms with Gasteiger partial charge in [-0.2, -0.15) is 0 Å². The number of benzene rings is 1. The fourth-order valence-electron chi connectivity index (χ4n) is 3.26. The second-order valence-corrected chi connectivity index (χ2v) is 9.50. The van der Waals surface area contributed by atoms with Crippen LogP contribution in [0.4, 0.5) is 5.00 Å². The maximum Gasteiger partial charge on any atom is 0.348 e. The van der Waals surface area contributed by atoms with Gasteiger partial charge in [-0.25, -0.2) is 9.59 Å². The molecule has 2 aromatic heterocycles. The molecule has 0 aliphatic rings. The first-order valence-electron chi connectivity index (χ1n) is 10.9. The van der Waals surface area contributed by atoms with Crippen LogP contribution in [0.1, 0.15) is 46.4 Å². The zero-order valence-corrected chi connectivity index (χ0v) is 22.1. The summed E-state index contributed by atoms with van der Waals surface area (Å²) in [5.74, 6) is -0.874. The molecule has 0 aliphatic heterocycles. The number of rotatable bonds is 10. The van der Waals surface area contributed by atoms with Gasteiger partial charge in [-0.1, -0.05) is 35.5 Å². The summed E-state index contributed by atoms with van der Waals surface area (Å²) in [5, 5.41) is 12.6. The first kappa shape index (κ1) is 26.7. The number of carbonyl (C=O) groups is 3. The van der Waals surface area contributed by atoms with Gasteiger partial charge in [0.15, 0.2) is 11.0 Å². The first-order chi connectivity index (χ1) is 16.8. The fraction of sp³-hybridized carbons (Fsp3) is 0.348. The summed E-state index contributed by atoms with van der Waals surface area (Å²) in [6.07, 6.45) is 0. The Hall–Kier alpha value is -2.89. The van der Waals surface area contributed by atoms with Crippen LogP contribution in [0.25, 0.3) is 11.4 Å². The second-order valence-electron chi connectivity index (χ2n) is 7.10. The van der Waals surface area contributed by atoms with E-state index in [-0.39, 0.29) is 40.3 Å². The van der Waals surface area contributed by atoms with Crippen molar-refractivity contribution in [1.29, 1.82) is 0 Å². The number of aromatic nitrogens is 3. The van der Waals surface area contributed by atoms with Crippen molar-refractivity contribution in [3.63, 3.8) is 0 Å². The number of nitrogens with one attached hydrogen (secondary N) is 1. The topological polar surface area (TPSA) is 112 Å². The van der Waals surface area contributed by atoms with E-state index in [4.69, 9.17) is 21.1 Å². The Morgan fingerprint density at radius 2 is 1.83 bits per heavy atom. The summed E-state index contributed by atoms with van der Waals surface area (Å²) in [5.41, 5.74) is 1.38. The van der Waals surface area contributed by atoms with Gasteiger partial charge in [-0.15, -0.1) is 21.5 Å². The molecule has 12 heteroatoms. The average molecular weight is 537 g/mol. The molecular weight excluding hydrogens is 512 g/mol. The molecule has 1 aromatic carbocycles. The lowest BCUT2D eigenvalue weighted by Crippen LogP contribution is -2.17. The SMILES string of the molecule is CCOC(=O)c1sc(NC(=O)CSc2nnc(-c3cccc(Cl)c3)n2CC)c(C(=O)OCC)c1C. The highest BCUT2D eigenvalue weighted by molar-refractivity contribution is 7.99. The predicted molar refractivity (Wildman–Crippen MR) is 136 cm³/mol. The minimum absolute atomic E-state index is 0.0155. The molecule has 0 atom stereocenters. The molecule has 0 unspecified atom stereocenters. The maximum atomic E-state index is 12.8. The van der Waals surface area contributed by atoms with E-state index in [1.807, 2.05) is 23.6 Å². The number of thioether (sulfide) groups is 1. The molecule has 0 saturated carbocycles. The Morgan fingerprint density at radius 1 is 1.11 bits per heavy atom. The molecule has 0 spiro atoms. The molecule has 1 amide bonds. The molecule has 9 nitrogen and oxygen atoms in total. The van der Waals surface area contributed by atoms with E-state index >= 15 is 0 Å². The van der Waals surface area contributed by atoms with Crippen LogP contribution in [0.3, 0.4) is 0 Å².